The van der Waals surface area contributed by atoms with Crippen LogP contribution in [0.3, 0.4) is 0 Å². The Bertz CT molecular complexity index is 849. The van der Waals surface area contributed by atoms with Crippen molar-refractivity contribution in [3.05, 3.63) is 35.5 Å². The molecule has 4 rings (SSSR count). The molecule has 1 saturated heterocycles. The molecular weight excluding hydrogens is 495 g/mol. The van der Waals surface area contributed by atoms with E-state index in [0.717, 1.165) is 55.9 Å². The lowest BCUT2D eigenvalue weighted by molar-refractivity contribution is 0.177. The number of halogens is 1. The zero-order valence-electron chi connectivity index (χ0n) is 17.7. The van der Waals surface area contributed by atoms with Gasteiger partial charge in [0.1, 0.15) is 18.2 Å². The lowest BCUT2D eigenvalue weighted by Gasteiger charge is -2.25. The van der Waals surface area contributed by atoms with Crippen LogP contribution in [0.25, 0.3) is 0 Å². The highest BCUT2D eigenvalue weighted by Gasteiger charge is 2.22. The van der Waals surface area contributed by atoms with Crippen molar-refractivity contribution >= 4 is 35.8 Å². The maximum atomic E-state index is 5.14. The van der Waals surface area contributed by atoms with Crippen molar-refractivity contribution in [3.8, 4) is 0 Å². The topological polar surface area (TPSA) is 92.5 Å². The number of nitrogens with one attached hydrogen (secondary N) is 2. The van der Waals surface area contributed by atoms with Gasteiger partial charge in [-0.25, -0.2) is 14.6 Å². The van der Waals surface area contributed by atoms with E-state index in [1.165, 1.54) is 18.4 Å². The summed E-state index contributed by atoms with van der Waals surface area (Å²) in [5, 5.41) is 11.5. The fraction of sp³-hybridized carbons (Fsp3) is 0.600. The minimum absolute atomic E-state index is 0. The van der Waals surface area contributed by atoms with Gasteiger partial charge in [-0.05, 0) is 37.0 Å². The van der Waals surface area contributed by atoms with Crippen LogP contribution >= 0.6 is 24.0 Å². The molecule has 9 nitrogen and oxygen atoms in total. The van der Waals surface area contributed by atoms with Gasteiger partial charge in [-0.3, -0.25) is 4.99 Å². The van der Waals surface area contributed by atoms with Gasteiger partial charge in [0.25, 0.3) is 0 Å². The number of anilines is 1. The molecule has 2 aliphatic heterocycles. The predicted molar refractivity (Wildman–Crippen MR) is 127 cm³/mol. The molecule has 164 valence electrons. The molecule has 2 aromatic rings. The first-order chi connectivity index (χ1) is 14.2. The number of ether oxygens (including phenoxy) is 1. The van der Waals surface area contributed by atoms with E-state index < -0.39 is 0 Å². The second-order valence-corrected chi connectivity index (χ2v) is 7.58. The van der Waals surface area contributed by atoms with Crippen LogP contribution in [-0.2, 0) is 30.9 Å². The molecule has 2 N–H and O–H groups in total. The summed E-state index contributed by atoms with van der Waals surface area (Å²) in [5.74, 6) is 3.65. The molecule has 1 fully saturated rings. The largest absolute Gasteiger partial charge is 0.377 e. The SMILES string of the molecule is CN=C(NCc1ccnc(N2CCCC2)c1)NC1CCc2nc(COC)nn2C1.I. The van der Waals surface area contributed by atoms with Crippen molar-refractivity contribution in [2.24, 2.45) is 4.99 Å². The standard InChI is InChI=1S/C20H30N8O.HI/c1-21-20(23-12-15-7-8-22-19(11-15)27-9-3-4-10-27)24-16-5-6-18-25-17(14-29-2)26-28(18)13-16;/h7-8,11,16H,3-6,9-10,12-14H2,1-2H3,(H2,21,23,24);1H. The normalized spacial score (nSPS) is 18.7. The highest BCUT2D eigenvalue weighted by atomic mass is 127. The molecular formula is C20H31IN8O. The fourth-order valence-electron chi connectivity index (χ4n) is 3.93. The van der Waals surface area contributed by atoms with Gasteiger partial charge >= 0.3 is 0 Å². The third-order valence-corrected chi connectivity index (χ3v) is 5.44. The molecule has 0 radical (unpaired) electrons. The van der Waals surface area contributed by atoms with E-state index in [9.17, 15) is 0 Å². The van der Waals surface area contributed by atoms with Crippen LogP contribution in [0, 0.1) is 0 Å². The van der Waals surface area contributed by atoms with Gasteiger partial charge in [0, 0.05) is 52.5 Å². The molecule has 0 spiro atoms. The van der Waals surface area contributed by atoms with Crippen molar-refractivity contribution in [1.29, 1.82) is 0 Å². The Hall–Kier alpha value is -1.95. The summed E-state index contributed by atoms with van der Waals surface area (Å²) >= 11 is 0. The quantitative estimate of drug-likeness (QED) is 0.337. The van der Waals surface area contributed by atoms with Gasteiger partial charge in [0.15, 0.2) is 11.8 Å². The Morgan fingerprint density at radius 3 is 2.93 bits per heavy atom. The van der Waals surface area contributed by atoms with E-state index in [0.29, 0.717) is 13.2 Å². The van der Waals surface area contributed by atoms with Crippen molar-refractivity contribution in [3.63, 3.8) is 0 Å². The first kappa shape index (κ1) is 22.7. The minimum atomic E-state index is 0. The molecule has 2 aromatic heterocycles. The minimum Gasteiger partial charge on any atom is -0.377 e. The van der Waals surface area contributed by atoms with Gasteiger partial charge in [0.05, 0.1) is 6.54 Å². The Morgan fingerprint density at radius 1 is 1.33 bits per heavy atom. The number of fused-ring (bicyclic) bond motifs is 1. The second-order valence-electron chi connectivity index (χ2n) is 7.58. The van der Waals surface area contributed by atoms with E-state index in [1.54, 1.807) is 14.2 Å². The molecule has 0 aromatic carbocycles. The number of aromatic nitrogens is 4. The number of pyridine rings is 1. The number of guanidine groups is 1. The summed E-state index contributed by atoms with van der Waals surface area (Å²) in [6, 6.07) is 4.49. The number of aliphatic imine (C=N–C) groups is 1. The fourth-order valence-corrected chi connectivity index (χ4v) is 3.93. The molecule has 10 heteroatoms. The zero-order chi connectivity index (χ0) is 20.1. The van der Waals surface area contributed by atoms with E-state index >= 15 is 0 Å². The van der Waals surface area contributed by atoms with E-state index in [-0.39, 0.29) is 30.0 Å². The average Bonchev–Trinajstić information content (AvgIpc) is 3.41. The molecule has 0 saturated carbocycles. The molecule has 2 aliphatic rings. The van der Waals surface area contributed by atoms with Crippen LogP contribution in [0.4, 0.5) is 5.82 Å². The molecule has 0 bridgehead atoms. The lowest BCUT2D eigenvalue weighted by Crippen LogP contribution is -2.46. The molecule has 0 amide bonds. The lowest BCUT2D eigenvalue weighted by atomic mass is 10.1. The molecule has 1 unspecified atom stereocenters. The third kappa shape index (κ3) is 5.60. The summed E-state index contributed by atoms with van der Waals surface area (Å²) in [6.45, 7) is 4.15. The average molecular weight is 526 g/mol. The maximum Gasteiger partial charge on any atom is 0.191 e. The summed E-state index contributed by atoms with van der Waals surface area (Å²) in [7, 11) is 3.47. The van der Waals surface area contributed by atoms with E-state index in [1.807, 2.05) is 10.9 Å². The molecule has 0 aliphatic carbocycles. The Labute approximate surface area is 194 Å². The molecule has 1 atom stereocenters. The van der Waals surface area contributed by atoms with Crippen LogP contribution < -0.4 is 15.5 Å². The Balaban J connectivity index is 0.00000256. The second kappa shape index (κ2) is 10.9. The zero-order valence-corrected chi connectivity index (χ0v) is 20.0. The number of hydrogen-bond donors (Lipinski definition) is 2. The van der Waals surface area contributed by atoms with Crippen molar-refractivity contribution in [2.45, 2.75) is 51.4 Å². The van der Waals surface area contributed by atoms with Crippen molar-refractivity contribution in [2.75, 3.05) is 32.1 Å². The van der Waals surface area contributed by atoms with Crippen LogP contribution in [0.2, 0.25) is 0 Å². The van der Waals surface area contributed by atoms with Gasteiger partial charge < -0.3 is 20.3 Å². The van der Waals surface area contributed by atoms with Gasteiger partial charge in [-0.2, -0.15) is 5.10 Å². The smallest absolute Gasteiger partial charge is 0.191 e. The number of aryl methyl sites for hydroxylation is 1. The first-order valence-electron chi connectivity index (χ1n) is 10.3. The molecule has 4 heterocycles. The number of rotatable bonds is 6. The van der Waals surface area contributed by atoms with Crippen LogP contribution in [0.5, 0.6) is 0 Å². The summed E-state index contributed by atoms with van der Waals surface area (Å²) in [6.07, 6.45) is 6.30. The van der Waals surface area contributed by atoms with Gasteiger partial charge in [-0.15, -0.1) is 24.0 Å². The monoisotopic (exact) mass is 526 g/mol. The Kier molecular flexibility index (Phi) is 8.25. The number of nitrogens with zero attached hydrogens (tertiary/aromatic N) is 6. The maximum absolute atomic E-state index is 5.14. The van der Waals surface area contributed by atoms with Crippen molar-refractivity contribution < 1.29 is 4.74 Å². The van der Waals surface area contributed by atoms with E-state index in [4.69, 9.17) is 4.74 Å². The number of methoxy groups -OCH3 is 1. The highest BCUT2D eigenvalue weighted by Crippen LogP contribution is 2.18. The summed E-state index contributed by atoms with van der Waals surface area (Å²) in [5.41, 5.74) is 1.20. The van der Waals surface area contributed by atoms with Gasteiger partial charge in [0.2, 0.25) is 0 Å². The Morgan fingerprint density at radius 2 is 2.17 bits per heavy atom. The van der Waals surface area contributed by atoms with Crippen molar-refractivity contribution in [1.82, 2.24) is 30.4 Å². The van der Waals surface area contributed by atoms with Crippen LogP contribution in [-0.4, -0.2) is 59.0 Å². The predicted octanol–water partition coefficient (Wildman–Crippen LogP) is 1.72. The summed E-state index contributed by atoms with van der Waals surface area (Å²) in [4.78, 5) is 15.8. The number of hydrogen-bond acceptors (Lipinski definition) is 6. The first-order valence-corrected chi connectivity index (χ1v) is 10.3. The van der Waals surface area contributed by atoms with Gasteiger partial charge in [-0.1, -0.05) is 0 Å². The summed E-state index contributed by atoms with van der Waals surface area (Å²) < 4.78 is 7.12. The molecule has 30 heavy (non-hydrogen) atoms. The van der Waals surface area contributed by atoms with Crippen LogP contribution in [0.15, 0.2) is 23.3 Å². The van der Waals surface area contributed by atoms with E-state index in [2.05, 4.69) is 47.7 Å². The third-order valence-electron chi connectivity index (χ3n) is 5.44. The highest BCUT2D eigenvalue weighted by molar-refractivity contribution is 14.0. The van der Waals surface area contributed by atoms with Crippen LogP contribution in [0.1, 0.15) is 36.5 Å².